The van der Waals surface area contributed by atoms with Gasteiger partial charge in [-0.25, -0.2) is 9.98 Å². The van der Waals surface area contributed by atoms with E-state index < -0.39 is 5.72 Å². The number of hydrogen-bond acceptors (Lipinski definition) is 5. The van der Waals surface area contributed by atoms with Gasteiger partial charge in [0.05, 0.1) is 11.4 Å². The van der Waals surface area contributed by atoms with Crippen LogP contribution in [-0.4, -0.2) is 22.6 Å². The summed E-state index contributed by atoms with van der Waals surface area (Å²) in [7, 11) is 0. The molecule has 3 aliphatic heterocycles. The summed E-state index contributed by atoms with van der Waals surface area (Å²) < 4.78 is 6.73. The van der Waals surface area contributed by atoms with E-state index in [-0.39, 0.29) is 12.1 Å². The Morgan fingerprint density at radius 2 is 1.81 bits per heavy atom. The second kappa shape index (κ2) is 6.83. The molecule has 3 aromatic rings. The third-order valence-electron chi connectivity index (χ3n) is 7.18. The van der Waals surface area contributed by atoms with Crippen LogP contribution in [0.5, 0.6) is 5.75 Å². The number of aryl methyl sites for hydroxylation is 1. The van der Waals surface area contributed by atoms with Crippen LogP contribution >= 0.6 is 0 Å². The average molecular weight is 425 g/mol. The number of rotatable bonds is 2. The van der Waals surface area contributed by atoms with Gasteiger partial charge in [0.15, 0.2) is 5.82 Å². The van der Waals surface area contributed by atoms with E-state index in [0.717, 1.165) is 41.5 Å². The Labute approximate surface area is 189 Å². The van der Waals surface area contributed by atoms with Gasteiger partial charge in [-0.3, -0.25) is 0 Å². The molecule has 4 heterocycles. The van der Waals surface area contributed by atoms with Crippen LogP contribution in [0.15, 0.2) is 65.8 Å². The highest BCUT2D eigenvalue weighted by Gasteiger charge is 2.49. The molecule has 1 aromatic heterocycles. The summed E-state index contributed by atoms with van der Waals surface area (Å²) in [6, 6.07) is 19.2. The average Bonchev–Trinajstić information content (AvgIpc) is 3.24. The molecule has 162 valence electrons. The molecule has 5 heteroatoms. The summed E-state index contributed by atoms with van der Waals surface area (Å²) in [5, 5.41) is 0. The number of pyridine rings is 1. The first kappa shape index (κ1) is 19.4. The number of hydrogen-bond donors (Lipinski definition) is 0. The molecular formula is C27H28N4O. The Kier molecular flexibility index (Phi) is 4.13. The highest BCUT2D eigenvalue weighted by Crippen LogP contribution is 2.57. The lowest BCUT2D eigenvalue weighted by atomic mass is 9.84. The number of ether oxygens (including phenoxy) is 1. The zero-order chi connectivity index (χ0) is 22.0. The second-order valence-electron chi connectivity index (χ2n) is 9.30. The molecule has 0 saturated carbocycles. The van der Waals surface area contributed by atoms with Crippen LogP contribution in [0.1, 0.15) is 50.7 Å². The summed E-state index contributed by atoms with van der Waals surface area (Å²) in [6.07, 6.45) is 4.03. The molecule has 0 radical (unpaired) electrons. The molecule has 0 aliphatic carbocycles. The van der Waals surface area contributed by atoms with Crippen LogP contribution in [0.2, 0.25) is 0 Å². The number of nitrogens with zero attached hydrogens (tertiary/aromatic N) is 4. The first-order chi connectivity index (χ1) is 15.5. The van der Waals surface area contributed by atoms with Crippen molar-refractivity contribution >= 4 is 28.6 Å². The van der Waals surface area contributed by atoms with Crippen molar-refractivity contribution in [3.8, 4) is 5.75 Å². The number of anilines is 4. The summed E-state index contributed by atoms with van der Waals surface area (Å²) in [6.45, 7) is 8.66. The molecule has 0 fully saturated rings. The molecule has 0 bridgehead atoms. The third kappa shape index (κ3) is 2.63. The summed E-state index contributed by atoms with van der Waals surface area (Å²) in [5.41, 5.74) is 6.49. The molecule has 0 saturated heterocycles. The lowest BCUT2D eigenvalue weighted by molar-refractivity contribution is 0.0908. The first-order valence-corrected chi connectivity index (χ1v) is 11.4. The third-order valence-corrected chi connectivity index (χ3v) is 7.18. The van der Waals surface area contributed by atoms with Gasteiger partial charge >= 0.3 is 0 Å². The van der Waals surface area contributed by atoms with E-state index >= 15 is 0 Å². The van der Waals surface area contributed by atoms with Gasteiger partial charge in [0, 0.05) is 29.1 Å². The zero-order valence-electron chi connectivity index (χ0n) is 19.0. The minimum Gasteiger partial charge on any atom is -0.463 e. The molecule has 2 unspecified atom stereocenters. The van der Waals surface area contributed by atoms with E-state index in [2.05, 4.69) is 80.0 Å². The lowest BCUT2D eigenvalue weighted by Gasteiger charge is -2.32. The van der Waals surface area contributed by atoms with Crippen molar-refractivity contribution in [2.45, 2.75) is 58.3 Å². The van der Waals surface area contributed by atoms with Gasteiger partial charge in [-0.05, 0) is 70.4 Å². The van der Waals surface area contributed by atoms with E-state index in [9.17, 15) is 0 Å². The predicted octanol–water partition coefficient (Wildman–Crippen LogP) is 6.47. The van der Waals surface area contributed by atoms with Crippen LogP contribution in [0.25, 0.3) is 0 Å². The number of aliphatic imine (C=N–C) groups is 1. The largest absolute Gasteiger partial charge is 0.463 e. The summed E-state index contributed by atoms with van der Waals surface area (Å²) >= 11 is 0. The molecule has 6 rings (SSSR count). The molecule has 2 aromatic carbocycles. The van der Waals surface area contributed by atoms with Crippen LogP contribution in [0, 0.1) is 6.92 Å². The molecule has 0 spiro atoms. The van der Waals surface area contributed by atoms with Gasteiger partial charge in [0.1, 0.15) is 11.9 Å². The van der Waals surface area contributed by atoms with Crippen molar-refractivity contribution in [2.75, 3.05) is 9.80 Å². The highest BCUT2D eigenvalue weighted by molar-refractivity contribution is 5.89. The molecule has 32 heavy (non-hydrogen) atoms. The number of benzene rings is 2. The van der Waals surface area contributed by atoms with Gasteiger partial charge in [0.2, 0.25) is 5.72 Å². The molecule has 5 nitrogen and oxygen atoms in total. The first-order valence-electron chi connectivity index (χ1n) is 11.4. The normalized spacial score (nSPS) is 25.7. The van der Waals surface area contributed by atoms with Crippen molar-refractivity contribution in [1.82, 2.24) is 4.98 Å². The lowest BCUT2D eigenvalue weighted by Crippen LogP contribution is -2.37. The van der Waals surface area contributed by atoms with Gasteiger partial charge < -0.3 is 14.5 Å². The van der Waals surface area contributed by atoms with Crippen LogP contribution in [0.3, 0.4) is 0 Å². The maximum Gasteiger partial charge on any atom is 0.204 e. The van der Waals surface area contributed by atoms with Crippen molar-refractivity contribution in [2.24, 2.45) is 4.99 Å². The van der Waals surface area contributed by atoms with Crippen molar-refractivity contribution in [1.29, 1.82) is 0 Å². The molecular weight excluding hydrogens is 396 g/mol. The number of fused-ring (bicyclic) bond motifs is 4. The van der Waals surface area contributed by atoms with E-state index in [1.165, 1.54) is 16.8 Å². The van der Waals surface area contributed by atoms with Gasteiger partial charge in [-0.2, -0.15) is 0 Å². The van der Waals surface area contributed by atoms with E-state index in [4.69, 9.17) is 14.7 Å². The van der Waals surface area contributed by atoms with Gasteiger partial charge in [-0.1, -0.05) is 30.3 Å². The predicted molar refractivity (Wildman–Crippen MR) is 130 cm³/mol. The molecule has 3 atom stereocenters. The standard InChI is InChI=1S/C27H28N4O/c1-17-12-14-21-22-15-13-18(2)29-27(22,4)32-25(21)24(17)31-19(3)30(20-9-6-5-7-10-20)26-23(31)11-8-16-28-26/h5-12,14,16,19,22H,13,15H2,1-4H3/t19-,22?,27?/m0/s1. The summed E-state index contributed by atoms with van der Waals surface area (Å²) in [5.74, 6) is 2.24. The Morgan fingerprint density at radius 1 is 1.00 bits per heavy atom. The zero-order valence-corrected chi connectivity index (χ0v) is 19.0. The smallest absolute Gasteiger partial charge is 0.204 e. The molecule has 3 aliphatic rings. The molecule has 0 N–H and O–H groups in total. The van der Waals surface area contributed by atoms with Crippen molar-refractivity contribution < 1.29 is 4.74 Å². The second-order valence-corrected chi connectivity index (χ2v) is 9.30. The fraction of sp³-hybridized carbons (Fsp3) is 0.333. The Hall–Kier alpha value is -3.34. The fourth-order valence-electron chi connectivity index (χ4n) is 5.73. The summed E-state index contributed by atoms with van der Waals surface area (Å²) in [4.78, 5) is 14.4. The number of aromatic nitrogens is 1. The van der Waals surface area contributed by atoms with Gasteiger partial charge in [-0.15, -0.1) is 0 Å². The topological polar surface area (TPSA) is 41.0 Å². The highest BCUT2D eigenvalue weighted by atomic mass is 16.5. The maximum absolute atomic E-state index is 6.73. The Morgan fingerprint density at radius 3 is 2.62 bits per heavy atom. The van der Waals surface area contributed by atoms with Crippen LogP contribution in [-0.2, 0) is 0 Å². The maximum atomic E-state index is 6.73. The van der Waals surface area contributed by atoms with Gasteiger partial charge in [0.25, 0.3) is 0 Å². The Balaban J connectivity index is 1.53. The minimum absolute atomic E-state index is 0.0526. The van der Waals surface area contributed by atoms with Crippen LogP contribution in [0.4, 0.5) is 22.9 Å². The van der Waals surface area contributed by atoms with Crippen LogP contribution < -0.4 is 14.5 Å². The fourth-order valence-corrected chi connectivity index (χ4v) is 5.73. The van der Waals surface area contributed by atoms with E-state index in [0.29, 0.717) is 0 Å². The number of para-hydroxylation sites is 1. The monoisotopic (exact) mass is 424 g/mol. The van der Waals surface area contributed by atoms with Crippen molar-refractivity contribution in [3.63, 3.8) is 0 Å². The SMILES string of the molecule is CC1=NC2(C)Oc3c(ccc(C)c3N3c4cccnc4N(c4ccccc4)[C@@H]3C)C2CC1. The molecule has 0 amide bonds. The quantitative estimate of drug-likeness (QED) is 0.472. The van der Waals surface area contributed by atoms with Crippen molar-refractivity contribution in [3.05, 3.63) is 71.9 Å². The van der Waals surface area contributed by atoms with E-state index in [1.54, 1.807) is 0 Å². The minimum atomic E-state index is -0.521. The van der Waals surface area contributed by atoms with E-state index in [1.807, 2.05) is 18.3 Å². The Bertz CT molecular complexity index is 1240.